The highest BCUT2D eigenvalue weighted by molar-refractivity contribution is 7.22. The second kappa shape index (κ2) is 10.5. The number of hydrogen-bond donors (Lipinski definition) is 0. The second-order valence-electron chi connectivity index (χ2n) is 6.83. The third kappa shape index (κ3) is 4.75. The van der Waals surface area contributed by atoms with E-state index >= 15 is 0 Å². The summed E-state index contributed by atoms with van der Waals surface area (Å²) in [5.41, 5.74) is 1.19. The van der Waals surface area contributed by atoms with Crippen LogP contribution in [0.25, 0.3) is 10.2 Å². The molecule has 0 unspecified atom stereocenters. The molecule has 0 fully saturated rings. The maximum absolute atomic E-state index is 13.6. The molecule has 0 aliphatic rings. The summed E-state index contributed by atoms with van der Waals surface area (Å²) < 4.78 is 17.3. The van der Waals surface area contributed by atoms with E-state index in [1.165, 1.54) is 11.3 Å². The van der Waals surface area contributed by atoms with Crippen molar-refractivity contribution in [1.82, 2.24) is 9.88 Å². The summed E-state index contributed by atoms with van der Waals surface area (Å²) >= 11 is 1.42. The molecule has 3 aromatic rings. The minimum absolute atomic E-state index is 0.151. The molecule has 0 atom stereocenters. The zero-order chi connectivity index (χ0) is 22.4. The molecular weight excluding hydrogens is 414 g/mol. The maximum atomic E-state index is 13.6. The summed E-state index contributed by atoms with van der Waals surface area (Å²) in [4.78, 5) is 22.4. The number of methoxy groups -OCH3 is 3. The summed E-state index contributed by atoms with van der Waals surface area (Å²) in [5, 5.41) is 0.598. The number of amides is 1. The third-order valence-electron chi connectivity index (χ3n) is 5.25. The van der Waals surface area contributed by atoms with Crippen molar-refractivity contribution < 1.29 is 19.0 Å². The van der Waals surface area contributed by atoms with Crippen LogP contribution in [0.5, 0.6) is 17.2 Å². The number of likely N-dealkylation sites (N-methyl/N-ethyl adjacent to an activating group) is 1. The molecule has 1 amide bonds. The van der Waals surface area contributed by atoms with Gasteiger partial charge in [-0.25, -0.2) is 4.98 Å². The van der Waals surface area contributed by atoms with Crippen molar-refractivity contribution in [3.63, 3.8) is 0 Å². The molecule has 1 heterocycles. The molecule has 2 aromatic carbocycles. The average molecular weight is 444 g/mol. The monoisotopic (exact) mass is 443 g/mol. The summed E-state index contributed by atoms with van der Waals surface area (Å²) in [5.74, 6) is 1.73. The van der Waals surface area contributed by atoms with Crippen molar-refractivity contribution in [2.45, 2.75) is 13.8 Å². The fraction of sp³-hybridized carbons (Fsp3) is 0.391. The molecule has 3 rings (SSSR count). The lowest BCUT2D eigenvalue weighted by Crippen LogP contribution is -2.39. The molecule has 8 heteroatoms. The van der Waals surface area contributed by atoms with Gasteiger partial charge in [0.15, 0.2) is 5.13 Å². The number of rotatable bonds is 10. The van der Waals surface area contributed by atoms with Crippen molar-refractivity contribution in [3.05, 3.63) is 42.0 Å². The van der Waals surface area contributed by atoms with E-state index in [9.17, 15) is 4.79 Å². The Morgan fingerprint density at radius 3 is 2.19 bits per heavy atom. The molecule has 0 aliphatic carbocycles. The molecule has 0 N–H and O–H groups in total. The lowest BCUT2D eigenvalue weighted by molar-refractivity contribution is 0.0981. The Morgan fingerprint density at radius 2 is 1.55 bits per heavy atom. The number of anilines is 1. The normalized spacial score (nSPS) is 11.0. The zero-order valence-corrected chi connectivity index (χ0v) is 19.5. The van der Waals surface area contributed by atoms with Crippen LogP contribution >= 0.6 is 11.3 Å². The first-order valence-electron chi connectivity index (χ1n) is 10.3. The van der Waals surface area contributed by atoms with Crippen LogP contribution < -0.4 is 19.1 Å². The summed E-state index contributed by atoms with van der Waals surface area (Å²) in [6, 6.07) is 10.9. The third-order valence-corrected chi connectivity index (χ3v) is 6.34. The number of fused-ring (bicyclic) bond motifs is 1. The quantitative estimate of drug-likeness (QED) is 0.465. The van der Waals surface area contributed by atoms with Gasteiger partial charge in [0.05, 0.1) is 26.9 Å². The second-order valence-corrected chi connectivity index (χ2v) is 7.81. The number of carbonyl (C=O) groups excluding carboxylic acids is 1. The number of thiazole rings is 1. The van der Waals surface area contributed by atoms with Crippen LogP contribution in [-0.2, 0) is 0 Å². The van der Waals surface area contributed by atoms with Crippen LogP contribution in [0.4, 0.5) is 5.13 Å². The molecule has 166 valence electrons. The van der Waals surface area contributed by atoms with Gasteiger partial charge < -0.3 is 19.1 Å². The van der Waals surface area contributed by atoms with E-state index in [0.29, 0.717) is 40.0 Å². The van der Waals surface area contributed by atoms with Crippen molar-refractivity contribution in [1.29, 1.82) is 0 Å². The van der Waals surface area contributed by atoms with E-state index in [0.717, 1.165) is 24.3 Å². The Kier molecular flexibility index (Phi) is 7.70. The highest BCUT2D eigenvalue weighted by Gasteiger charge is 2.25. The van der Waals surface area contributed by atoms with Crippen molar-refractivity contribution >= 4 is 32.6 Å². The topological polar surface area (TPSA) is 64.1 Å². The minimum Gasteiger partial charge on any atom is -0.496 e. The van der Waals surface area contributed by atoms with Gasteiger partial charge in [0.1, 0.15) is 27.5 Å². The van der Waals surface area contributed by atoms with Gasteiger partial charge in [0.25, 0.3) is 5.91 Å². The van der Waals surface area contributed by atoms with Crippen LogP contribution in [0.1, 0.15) is 24.2 Å². The number of carbonyl (C=O) groups is 1. The zero-order valence-electron chi connectivity index (χ0n) is 18.7. The van der Waals surface area contributed by atoms with Gasteiger partial charge in [-0.1, -0.05) is 37.3 Å². The number of nitrogens with zero attached hydrogens (tertiary/aromatic N) is 3. The number of aromatic nitrogens is 1. The minimum atomic E-state index is -0.151. The van der Waals surface area contributed by atoms with Crippen molar-refractivity contribution in [2.24, 2.45) is 0 Å². The van der Waals surface area contributed by atoms with Gasteiger partial charge in [0, 0.05) is 13.1 Å². The Bertz CT molecular complexity index is 992. The lowest BCUT2D eigenvalue weighted by Gasteiger charge is -2.25. The SMILES string of the molecule is CCN(CC)CCN(C(=O)c1ccccc1OC)c1nc2c(OC)ccc(OC)c2s1. The van der Waals surface area contributed by atoms with E-state index in [1.807, 2.05) is 24.3 Å². The Hall–Kier alpha value is -2.84. The van der Waals surface area contributed by atoms with Crippen LogP contribution in [0.3, 0.4) is 0 Å². The van der Waals surface area contributed by atoms with Gasteiger partial charge in [-0.2, -0.15) is 0 Å². The number of hydrogen-bond acceptors (Lipinski definition) is 7. The number of benzene rings is 2. The maximum Gasteiger partial charge on any atom is 0.263 e. The van der Waals surface area contributed by atoms with E-state index in [4.69, 9.17) is 19.2 Å². The van der Waals surface area contributed by atoms with Gasteiger partial charge >= 0.3 is 0 Å². The summed E-state index contributed by atoms with van der Waals surface area (Å²) in [6.07, 6.45) is 0. The first-order valence-corrected chi connectivity index (χ1v) is 11.1. The lowest BCUT2D eigenvalue weighted by atomic mass is 10.1. The highest BCUT2D eigenvalue weighted by atomic mass is 32.1. The van der Waals surface area contributed by atoms with E-state index in [-0.39, 0.29) is 5.91 Å². The Balaban J connectivity index is 2.08. The van der Waals surface area contributed by atoms with Crippen LogP contribution in [-0.4, -0.2) is 63.3 Å². The van der Waals surface area contributed by atoms with Gasteiger partial charge in [-0.05, 0) is 37.4 Å². The van der Waals surface area contributed by atoms with Gasteiger partial charge in [-0.3, -0.25) is 9.69 Å². The van der Waals surface area contributed by atoms with E-state index in [2.05, 4.69) is 18.7 Å². The molecule has 31 heavy (non-hydrogen) atoms. The molecule has 0 saturated heterocycles. The van der Waals surface area contributed by atoms with Crippen molar-refractivity contribution in [3.8, 4) is 17.2 Å². The summed E-state index contributed by atoms with van der Waals surface area (Å²) in [6.45, 7) is 7.29. The first kappa shape index (κ1) is 22.8. The molecule has 0 aliphatic heterocycles. The molecule has 7 nitrogen and oxygen atoms in total. The summed E-state index contributed by atoms with van der Waals surface area (Å²) in [7, 11) is 4.80. The average Bonchev–Trinajstić information content (AvgIpc) is 3.26. The van der Waals surface area contributed by atoms with Crippen molar-refractivity contribution in [2.75, 3.05) is 52.4 Å². The highest BCUT2D eigenvalue weighted by Crippen LogP contribution is 2.40. The molecular formula is C23H29N3O4S. The Morgan fingerprint density at radius 1 is 0.903 bits per heavy atom. The van der Waals surface area contributed by atoms with Gasteiger partial charge in [0.2, 0.25) is 0 Å². The number of para-hydroxylation sites is 1. The predicted molar refractivity (Wildman–Crippen MR) is 125 cm³/mol. The molecule has 0 radical (unpaired) electrons. The molecule has 0 bridgehead atoms. The fourth-order valence-corrected chi connectivity index (χ4v) is 4.52. The van der Waals surface area contributed by atoms with E-state index in [1.54, 1.807) is 38.4 Å². The van der Waals surface area contributed by atoms with Crippen LogP contribution in [0, 0.1) is 0 Å². The largest absolute Gasteiger partial charge is 0.496 e. The smallest absolute Gasteiger partial charge is 0.263 e. The van der Waals surface area contributed by atoms with E-state index < -0.39 is 0 Å². The first-order chi connectivity index (χ1) is 15.1. The van der Waals surface area contributed by atoms with Gasteiger partial charge in [-0.15, -0.1) is 0 Å². The predicted octanol–water partition coefficient (Wildman–Crippen LogP) is 4.31. The standard InChI is InChI=1S/C23H29N3O4S/c1-6-25(7-2)14-15-26(22(27)16-10-8-9-11-17(16)28-3)23-24-20-18(29-4)12-13-19(30-5)21(20)31-23/h8-13H,6-7,14-15H2,1-5H3. The van der Waals surface area contributed by atoms with Crippen LogP contribution in [0.15, 0.2) is 36.4 Å². The molecule has 1 aromatic heterocycles. The number of ether oxygens (including phenoxy) is 3. The molecule has 0 spiro atoms. The molecule has 0 saturated carbocycles. The van der Waals surface area contributed by atoms with Crippen LogP contribution in [0.2, 0.25) is 0 Å². The fourth-order valence-electron chi connectivity index (χ4n) is 3.42. The Labute approximate surface area is 187 Å².